The zero-order valence-corrected chi connectivity index (χ0v) is 21.7. The summed E-state index contributed by atoms with van der Waals surface area (Å²) in [5.74, 6) is -0.277. The van der Waals surface area contributed by atoms with Gasteiger partial charge in [0.2, 0.25) is 0 Å². The van der Waals surface area contributed by atoms with Gasteiger partial charge in [-0.25, -0.2) is 9.37 Å². The van der Waals surface area contributed by atoms with Crippen molar-refractivity contribution >= 4 is 36.2 Å². The van der Waals surface area contributed by atoms with Crippen molar-refractivity contribution in [1.29, 1.82) is 0 Å². The van der Waals surface area contributed by atoms with Crippen LogP contribution in [0.5, 0.6) is 0 Å². The van der Waals surface area contributed by atoms with E-state index >= 15 is 0 Å². The van der Waals surface area contributed by atoms with E-state index in [2.05, 4.69) is 93.3 Å². The number of hydrogen-bond donors (Lipinski definition) is 0. The molecule has 0 saturated carbocycles. The molecular formula is C28H33N2O2Si+. The number of ether oxygens (including phenoxy) is 1. The summed E-state index contributed by atoms with van der Waals surface area (Å²) in [6, 6.07) is 14.6. The predicted octanol–water partition coefficient (Wildman–Crippen LogP) is 4.41. The molecule has 0 bridgehead atoms. The molecule has 0 unspecified atom stereocenters. The molecule has 0 aromatic heterocycles. The highest BCUT2D eigenvalue weighted by Crippen LogP contribution is 2.42. The first-order chi connectivity index (χ1) is 15.7. The fraction of sp³-hybridized carbons (Fsp3) is 0.286. The lowest BCUT2D eigenvalue weighted by atomic mass is 9.87. The monoisotopic (exact) mass is 457 g/mol. The molecule has 1 aliphatic heterocycles. The average molecular weight is 458 g/mol. The summed E-state index contributed by atoms with van der Waals surface area (Å²) >= 11 is 0. The number of fused-ring (bicyclic) bond motifs is 2. The lowest BCUT2D eigenvalue weighted by Gasteiger charge is -2.38. The van der Waals surface area contributed by atoms with Crippen LogP contribution in [0.3, 0.4) is 0 Å². The van der Waals surface area contributed by atoms with Crippen molar-refractivity contribution in [2.75, 3.05) is 39.7 Å². The van der Waals surface area contributed by atoms with Crippen molar-refractivity contribution in [3.05, 3.63) is 88.2 Å². The number of carbonyl (C=O) groups is 1. The summed E-state index contributed by atoms with van der Waals surface area (Å²) in [6.45, 7) is 7.06. The summed E-state index contributed by atoms with van der Waals surface area (Å²) in [5.41, 5.74) is 7.49. The molecule has 0 radical (unpaired) electrons. The summed E-state index contributed by atoms with van der Waals surface area (Å²) in [5, 5.41) is 2.79. The van der Waals surface area contributed by atoms with Gasteiger partial charge in [0.05, 0.1) is 12.2 Å². The highest BCUT2D eigenvalue weighted by Gasteiger charge is 2.41. The Bertz CT molecular complexity index is 1260. The minimum atomic E-state index is -2.01. The Labute approximate surface area is 198 Å². The third kappa shape index (κ3) is 3.91. The Balaban J connectivity index is 2.09. The molecule has 170 valence electrons. The number of carbonyl (C=O) groups excluding carboxylic acids is 1. The number of benzene rings is 2. The standard InChI is InChI=1S/C28H33N2O2Si/c1-8-32-28(31)22-12-10-9-11-21(22)27-23-15-13-19(29(2)3)17-25(23)33(6,7)26-18-20(30(4)5)14-16-24(26)27/h9-18H,8H2,1-7H3/q+1. The van der Waals surface area contributed by atoms with E-state index in [4.69, 9.17) is 4.74 Å². The van der Waals surface area contributed by atoms with Crippen LogP contribution in [0.15, 0.2) is 71.5 Å². The molecule has 33 heavy (non-hydrogen) atoms. The molecule has 4 nitrogen and oxygen atoms in total. The van der Waals surface area contributed by atoms with E-state index in [1.807, 2.05) is 25.1 Å². The van der Waals surface area contributed by atoms with Gasteiger partial charge >= 0.3 is 5.97 Å². The minimum Gasteiger partial charge on any atom is -0.462 e. The highest BCUT2D eigenvalue weighted by molar-refractivity contribution is 6.98. The number of allylic oxidation sites excluding steroid dienone is 5. The number of esters is 1. The van der Waals surface area contributed by atoms with Crippen LogP contribution in [0.25, 0.3) is 5.57 Å². The average Bonchev–Trinajstić information content (AvgIpc) is 2.79. The van der Waals surface area contributed by atoms with Crippen molar-refractivity contribution in [2.24, 2.45) is 0 Å². The molecule has 0 fully saturated rings. The summed E-state index contributed by atoms with van der Waals surface area (Å²) in [4.78, 5) is 15.1. The van der Waals surface area contributed by atoms with Crippen LogP contribution in [0.2, 0.25) is 13.1 Å². The van der Waals surface area contributed by atoms with Gasteiger partial charge < -0.3 is 9.64 Å². The first kappa shape index (κ1) is 23.0. The van der Waals surface area contributed by atoms with E-state index in [0.29, 0.717) is 12.2 Å². The lowest BCUT2D eigenvalue weighted by molar-refractivity contribution is -0.462. The Morgan fingerprint density at radius 1 is 1.03 bits per heavy atom. The minimum absolute atomic E-state index is 0.277. The Morgan fingerprint density at radius 2 is 1.76 bits per heavy atom. The van der Waals surface area contributed by atoms with Crippen molar-refractivity contribution in [3.63, 3.8) is 0 Å². The first-order valence-corrected chi connectivity index (χ1v) is 14.4. The number of hydrogen-bond acceptors (Lipinski definition) is 3. The zero-order chi connectivity index (χ0) is 23.9. The zero-order valence-electron chi connectivity index (χ0n) is 20.7. The Hall–Kier alpha value is -3.18. The second kappa shape index (κ2) is 8.63. The van der Waals surface area contributed by atoms with E-state index < -0.39 is 8.07 Å². The predicted molar refractivity (Wildman–Crippen MR) is 141 cm³/mol. The van der Waals surface area contributed by atoms with Gasteiger partial charge in [0.25, 0.3) is 0 Å². The number of rotatable bonds is 4. The van der Waals surface area contributed by atoms with E-state index in [1.165, 1.54) is 32.9 Å². The summed E-state index contributed by atoms with van der Waals surface area (Å²) in [7, 11) is 6.31. The van der Waals surface area contributed by atoms with E-state index in [1.54, 1.807) is 0 Å². The van der Waals surface area contributed by atoms with Crippen molar-refractivity contribution in [2.45, 2.75) is 20.0 Å². The molecule has 4 rings (SSSR count). The Morgan fingerprint density at radius 3 is 2.42 bits per heavy atom. The molecule has 2 aliphatic rings. The number of anilines is 1. The van der Waals surface area contributed by atoms with Gasteiger partial charge in [0.1, 0.15) is 22.2 Å². The van der Waals surface area contributed by atoms with E-state index in [9.17, 15) is 4.79 Å². The molecule has 1 aliphatic carbocycles. The molecule has 0 spiro atoms. The van der Waals surface area contributed by atoms with E-state index in [-0.39, 0.29) is 5.97 Å². The molecule has 0 N–H and O–H groups in total. The van der Waals surface area contributed by atoms with Crippen LogP contribution >= 0.6 is 0 Å². The lowest BCUT2D eigenvalue weighted by Crippen LogP contribution is -2.49. The van der Waals surface area contributed by atoms with Crippen LogP contribution in [0, 0.1) is 0 Å². The second-order valence-electron chi connectivity index (χ2n) is 9.51. The fourth-order valence-electron chi connectivity index (χ4n) is 4.76. The highest BCUT2D eigenvalue weighted by atomic mass is 28.3. The maximum atomic E-state index is 12.9. The van der Waals surface area contributed by atoms with Gasteiger partial charge in [0.15, 0.2) is 5.71 Å². The maximum Gasteiger partial charge on any atom is 0.338 e. The third-order valence-corrected chi connectivity index (χ3v) is 10.1. The van der Waals surface area contributed by atoms with Crippen LogP contribution in [0.1, 0.15) is 28.4 Å². The number of nitrogens with zero attached hydrogens (tertiary/aromatic N) is 2. The fourth-order valence-corrected chi connectivity index (χ4v) is 7.83. The molecular weight excluding hydrogens is 424 g/mol. The molecule has 2 aromatic rings. The molecule has 0 saturated heterocycles. The van der Waals surface area contributed by atoms with Crippen LogP contribution in [-0.4, -0.2) is 59.1 Å². The van der Waals surface area contributed by atoms with Crippen LogP contribution in [0.4, 0.5) is 5.69 Å². The first-order valence-electron chi connectivity index (χ1n) is 11.4. The third-order valence-electron chi connectivity index (χ3n) is 6.62. The molecule has 0 atom stereocenters. The van der Waals surface area contributed by atoms with Gasteiger partial charge in [-0.2, -0.15) is 0 Å². The van der Waals surface area contributed by atoms with E-state index in [0.717, 1.165) is 11.1 Å². The van der Waals surface area contributed by atoms with Crippen molar-refractivity contribution in [1.82, 2.24) is 0 Å². The molecule has 2 aromatic carbocycles. The van der Waals surface area contributed by atoms with Gasteiger partial charge in [-0.15, -0.1) is 0 Å². The van der Waals surface area contributed by atoms with Gasteiger partial charge in [-0.3, -0.25) is 0 Å². The van der Waals surface area contributed by atoms with Gasteiger partial charge in [-0.05, 0) is 63.9 Å². The second-order valence-corrected chi connectivity index (χ2v) is 13.8. The Kier molecular flexibility index (Phi) is 6.02. The SMILES string of the molecule is CCOC(=O)c1ccccc1C1=C2C=CC(=[N+](C)C)C=C2[Si](C)(C)c2cc(N(C)C)ccc21. The van der Waals surface area contributed by atoms with Gasteiger partial charge in [-0.1, -0.05) is 37.4 Å². The van der Waals surface area contributed by atoms with Crippen molar-refractivity contribution < 1.29 is 14.1 Å². The summed E-state index contributed by atoms with van der Waals surface area (Å²) in [6.07, 6.45) is 6.76. The maximum absolute atomic E-state index is 12.9. The topological polar surface area (TPSA) is 32.6 Å². The smallest absolute Gasteiger partial charge is 0.338 e. The summed E-state index contributed by atoms with van der Waals surface area (Å²) < 4.78 is 7.58. The normalized spacial score (nSPS) is 16.1. The van der Waals surface area contributed by atoms with Crippen LogP contribution in [-0.2, 0) is 4.74 Å². The molecule has 5 heteroatoms. The molecule has 1 heterocycles. The largest absolute Gasteiger partial charge is 0.462 e. The van der Waals surface area contributed by atoms with Crippen molar-refractivity contribution in [3.8, 4) is 0 Å². The molecule has 0 amide bonds. The quantitative estimate of drug-likeness (QED) is 0.387. The van der Waals surface area contributed by atoms with Gasteiger partial charge in [0, 0.05) is 31.9 Å². The van der Waals surface area contributed by atoms with Crippen LogP contribution < -0.4 is 10.1 Å².